The number of carbonyl (C=O) groups excluding carboxylic acids is 1. The van der Waals surface area contributed by atoms with Gasteiger partial charge in [-0.2, -0.15) is 0 Å². The van der Waals surface area contributed by atoms with Crippen molar-refractivity contribution < 1.29 is 9.53 Å². The third kappa shape index (κ3) is 2.86. The van der Waals surface area contributed by atoms with Crippen molar-refractivity contribution >= 4 is 5.97 Å². The van der Waals surface area contributed by atoms with Crippen molar-refractivity contribution in [3.8, 4) is 0 Å². The van der Waals surface area contributed by atoms with Crippen molar-refractivity contribution in [2.24, 2.45) is 5.92 Å². The topological polar surface area (TPSA) is 38.3 Å². The number of hydrogen-bond acceptors (Lipinski definition) is 3. The SMILES string of the molecule is O=C(OCc1ccccc1)C1CC=CNC1. The molecule has 0 fully saturated rings. The summed E-state index contributed by atoms with van der Waals surface area (Å²) < 4.78 is 5.25. The fraction of sp³-hybridized carbons (Fsp3) is 0.308. The molecule has 1 atom stereocenters. The maximum absolute atomic E-state index is 11.7. The Morgan fingerprint density at radius 1 is 1.38 bits per heavy atom. The smallest absolute Gasteiger partial charge is 0.311 e. The van der Waals surface area contributed by atoms with Gasteiger partial charge in [0.05, 0.1) is 5.92 Å². The molecule has 1 N–H and O–H groups in total. The molecule has 0 spiro atoms. The summed E-state index contributed by atoms with van der Waals surface area (Å²) >= 11 is 0. The van der Waals surface area contributed by atoms with Gasteiger partial charge in [0.25, 0.3) is 0 Å². The Hall–Kier alpha value is -1.77. The van der Waals surface area contributed by atoms with Crippen molar-refractivity contribution in [1.82, 2.24) is 5.32 Å². The van der Waals surface area contributed by atoms with E-state index >= 15 is 0 Å². The lowest BCUT2D eigenvalue weighted by Gasteiger charge is -2.17. The van der Waals surface area contributed by atoms with Crippen LogP contribution in [0.15, 0.2) is 42.6 Å². The first kappa shape index (κ1) is 10.7. The van der Waals surface area contributed by atoms with Crippen LogP contribution in [0.1, 0.15) is 12.0 Å². The molecule has 1 aromatic carbocycles. The van der Waals surface area contributed by atoms with E-state index in [0.717, 1.165) is 12.0 Å². The fourth-order valence-corrected chi connectivity index (χ4v) is 1.64. The second-order valence-electron chi connectivity index (χ2n) is 3.84. The van der Waals surface area contributed by atoms with Crippen molar-refractivity contribution in [2.75, 3.05) is 6.54 Å². The van der Waals surface area contributed by atoms with Crippen LogP contribution in [-0.2, 0) is 16.1 Å². The zero-order valence-electron chi connectivity index (χ0n) is 9.06. The summed E-state index contributed by atoms with van der Waals surface area (Å²) in [5, 5.41) is 3.03. The molecule has 0 saturated heterocycles. The molecule has 0 bridgehead atoms. The standard InChI is InChI=1S/C13H15NO2/c15-13(12-7-4-8-14-9-12)16-10-11-5-2-1-3-6-11/h1-6,8,12,14H,7,9-10H2. The fourth-order valence-electron chi connectivity index (χ4n) is 1.64. The minimum Gasteiger partial charge on any atom is -0.461 e. The van der Waals surface area contributed by atoms with Crippen molar-refractivity contribution in [1.29, 1.82) is 0 Å². The molecule has 1 aliphatic heterocycles. The molecule has 1 unspecified atom stereocenters. The molecule has 84 valence electrons. The van der Waals surface area contributed by atoms with Crippen LogP contribution < -0.4 is 5.32 Å². The zero-order chi connectivity index (χ0) is 11.2. The van der Waals surface area contributed by atoms with Gasteiger partial charge in [-0.1, -0.05) is 36.4 Å². The van der Waals surface area contributed by atoms with Gasteiger partial charge in [-0.25, -0.2) is 0 Å². The van der Waals surface area contributed by atoms with E-state index in [4.69, 9.17) is 4.74 Å². The van der Waals surface area contributed by atoms with Gasteiger partial charge in [-0.3, -0.25) is 4.79 Å². The molecular weight excluding hydrogens is 202 g/mol. The number of hydrogen-bond donors (Lipinski definition) is 1. The number of carbonyl (C=O) groups is 1. The van der Waals surface area contributed by atoms with Gasteiger partial charge in [-0.15, -0.1) is 0 Å². The predicted octanol–water partition coefficient (Wildman–Crippen LogP) is 1.85. The first-order valence-electron chi connectivity index (χ1n) is 5.45. The van der Waals surface area contributed by atoms with E-state index in [1.54, 1.807) is 0 Å². The summed E-state index contributed by atoms with van der Waals surface area (Å²) in [4.78, 5) is 11.7. The molecule has 16 heavy (non-hydrogen) atoms. The summed E-state index contributed by atoms with van der Waals surface area (Å²) in [6.45, 7) is 1.03. The molecule has 2 rings (SSSR count). The third-order valence-electron chi connectivity index (χ3n) is 2.58. The van der Waals surface area contributed by atoms with E-state index in [9.17, 15) is 4.79 Å². The Kier molecular flexibility index (Phi) is 3.59. The second kappa shape index (κ2) is 5.35. The van der Waals surface area contributed by atoms with Gasteiger partial charge in [0, 0.05) is 6.54 Å². The highest BCUT2D eigenvalue weighted by molar-refractivity contribution is 5.73. The van der Waals surface area contributed by atoms with E-state index < -0.39 is 0 Å². The maximum Gasteiger partial charge on any atom is 0.311 e. The summed E-state index contributed by atoms with van der Waals surface area (Å²) in [6, 6.07) is 9.72. The molecule has 3 nitrogen and oxygen atoms in total. The predicted molar refractivity (Wildman–Crippen MR) is 61.5 cm³/mol. The number of ether oxygens (including phenoxy) is 1. The number of rotatable bonds is 3. The van der Waals surface area contributed by atoms with Crippen molar-refractivity contribution in [2.45, 2.75) is 13.0 Å². The average molecular weight is 217 g/mol. The molecule has 0 saturated carbocycles. The van der Waals surface area contributed by atoms with Gasteiger partial charge in [-0.05, 0) is 18.2 Å². The molecular formula is C13H15NO2. The minimum atomic E-state index is -0.124. The lowest BCUT2D eigenvalue weighted by molar-refractivity contribution is -0.149. The Bertz CT molecular complexity index is 373. The normalized spacial score (nSPS) is 18.9. The largest absolute Gasteiger partial charge is 0.461 e. The number of allylic oxidation sites excluding steroid dienone is 1. The molecule has 0 aromatic heterocycles. The Balaban J connectivity index is 1.82. The van der Waals surface area contributed by atoms with Crippen LogP contribution in [0.5, 0.6) is 0 Å². The quantitative estimate of drug-likeness (QED) is 0.785. The van der Waals surface area contributed by atoms with Crippen LogP contribution in [-0.4, -0.2) is 12.5 Å². The highest BCUT2D eigenvalue weighted by Crippen LogP contribution is 2.11. The number of benzene rings is 1. The Labute approximate surface area is 95.1 Å². The monoisotopic (exact) mass is 217 g/mol. The lowest BCUT2D eigenvalue weighted by Crippen LogP contribution is -2.29. The van der Waals surface area contributed by atoms with E-state index in [2.05, 4.69) is 5.32 Å². The number of nitrogens with one attached hydrogen (secondary N) is 1. The van der Waals surface area contributed by atoms with Gasteiger partial charge < -0.3 is 10.1 Å². The first-order chi connectivity index (χ1) is 7.86. The lowest BCUT2D eigenvalue weighted by atomic mass is 10.0. The maximum atomic E-state index is 11.7. The summed E-state index contributed by atoms with van der Waals surface area (Å²) in [7, 11) is 0. The van der Waals surface area contributed by atoms with E-state index in [0.29, 0.717) is 13.2 Å². The number of esters is 1. The van der Waals surface area contributed by atoms with E-state index in [-0.39, 0.29) is 11.9 Å². The van der Waals surface area contributed by atoms with Crippen LogP contribution in [0.2, 0.25) is 0 Å². The summed E-state index contributed by atoms with van der Waals surface area (Å²) in [5.41, 5.74) is 1.02. The van der Waals surface area contributed by atoms with Crippen LogP contribution in [0.4, 0.5) is 0 Å². The molecule has 1 aromatic rings. The third-order valence-corrected chi connectivity index (χ3v) is 2.58. The highest BCUT2D eigenvalue weighted by atomic mass is 16.5. The minimum absolute atomic E-state index is 0.0475. The highest BCUT2D eigenvalue weighted by Gasteiger charge is 2.19. The summed E-state index contributed by atoms with van der Waals surface area (Å²) in [6.07, 6.45) is 4.60. The van der Waals surface area contributed by atoms with E-state index in [1.807, 2.05) is 42.6 Å². The van der Waals surface area contributed by atoms with Gasteiger partial charge in [0.1, 0.15) is 6.61 Å². The Morgan fingerprint density at radius 3 is 2.88 bits per heavy atom. The van der Waals surface area contributed by atoms with Crippen molar-refractivity contribution in [3.63, 3.8) is 0 Å². The zero-order valence-corrected chi connectivity index (χ0v) is 9.06. The van der Waals surface area contributed by atoms with Gasteiger partial charge >= 0.3 is 5.97 Å². The van der Waals surface area contributed by atoms with Crippen LogP contribution in [0.25, 0.3) is 0 Å². The van der Waals surface area contributed by atoms with Gasteiger partial charge in [0.2, 0.25) is 0 Å². The van der Waals surface area contributed by atoms with Crippen LogP contribution >= 0.6 is 0 Å². The second-order valence-corrected chi connectivity index (χ2v) is 3.84. The van der Waals surface area contributed by atoms with Crippen LogP contribution in [0, 0.1) is 5.92 Å². The summed E-state index contributed by atoms with van der Waals surface area (Å²) in [5.74, 6) is -0.172. The first-order valence-corrected chi connectivity index (χ1v) is 5.45. The molecule has 1 aliphatic rings. The molecule has 1 heterocycles. The molecule has 0 radical (unpaired) electrons. The van der Waals surface area contributed by atoms with Gasteiger partial charge in [0.15, 0.2) is 0 Å². The molecule has 0 aliphatic carbocycles. The van der Waals surface area contributed by atoms with E-state index in [1.165, 1.54) is 0 Å². The van der Waals surface area contributed by atoms with Crippen molar-refractivity contribution in [3.05, 3.63) is 48.2 Å². The average Bonchev–Trinajstić information content (AvgIpc) is 2.38. The van der Waals surface area contributed by atoms with Crippen LogP contribution in [0.3, 0.4) is 0 Å². The molecule has 0 amide bonds. The molecule has 3 heteroatoms. The Morgan fingerprint density at radius 2 is 2.19 bits per heavy atom.